The van der Waals surface area contributed by atoms with Gasteiger partial charge in [-0.15, -0.1) is 6.58 Å². The lowest BCUT2D eigenvalue weighted by molar-refractivity contribution is -0.236. The van der Waals surface area contributed by atoms with E-state index in [2.05, 4.69) is 26.2 Å². The van der Waals surface area contributed by atoms with Crippen molar-refractivity contribution in [2.45, 2.75) is 62.7 Å². The minimum absolute atomic E-state index is 0.289. The molecule has 7 heteroatoms. The monoisotopic (exact) mass is 406 g/mol. The second kappa shape index (κ2) is 9.62. The molecule has 1 aromatic carbocycles. The molecule has 0 aromatic heterocycles. The summed E-state index contributed by atoms with van der Waals surface area (Å²) in [6.45, 7) is 10.0. The smallest absolute Gasteiger partial charge is 0.338 e. The fourth-order valence-electron chi connectivity index (χ4n) is 3.01. The number of aliphatic hydroxyl groups is 3. The number of ether oxygens (including phenoxy) is 2. The summed E-state index contributed by atoms with van der Waals surface area (Å²) in [5.74, 6) is -0.618. The van der Waals surface area contributed by atoms with E-state index in [0.717, 1.165) is 0 Å². The molecule has 1 fully saturated rings. The van der Waals surface area contributed by atoms with E-state index in [1.165, 1.54) is 0 Å². The number of rotatable bonds is 7. The maximum Gasteiger partial charge on any atom is 0.338 e. The van der Waals surface area contributed by atoms with Gasteiger partial charge >= 0.3 is 5.97 Å². The van der Waals surface area contributed by atoms with E-state index in [-0.39, 0.29) is 6.42 Å². The van der Waals surface area contributed by atoms with Crippen molar-refractivity contribution in [3.63, 3.8) is 0 Å². The predicted octanol–water partition coefficient (Wildman–Crippen LogP) is 2.07. The zero-order valence-electron chi connectivity index (χ0n) is 16.6. The third-order valence-electron chi connectivity index (χ3n) is 4.50. The van der Waals surface area contributed by atoms with Gasteiger partial charge in [-0.1, -0.05) is 55.7 Å². The van der Waals surface area contributed by atoms with Crippen LogP contribution < -0.4 is 0 Å². The number of carbonyl (C=O) groups excluding carboxylic acids is 1. The Balaban J connectivity index is 2.17. The van der Waals surface area contributed by atoms with Crippen LogP contribution in [-0.4, -0.2) is 66.0 Å². The summed E-state index contributed by atoms with van der Waals surface area (Å²) in [6, 6.07) is 8.39. The normalized spacial score (nSPS) is 29.4. The lowest BCUT2D eigenvalue weighted by Gasteiger charge is -2.43. The predicted molar refractivity (Wildman–Crippen MR) is 110 cm³/mol. The Morgan fingerprint density at radius 1 is 1.25 bits per heavy atom. The van der Waals surface area contributed by atoms with Crippen LogP contribution in [0.5, 0.6) is 0 Å². The van der Waals surface area contributed by atoms with Gasteiger partial charge in [-0.2, -0.15) is 0 Å². The van der Waals surface area contributed by atoms with E-state index in [1.807, 2.05) is 5.70 Å². The number of hydrogen-bond acceptors (Lipinski definition) is 6. The van der Waals surface area contributed by atoms with Gasteiger partial charge in [0.1, 0.15) is 30.5 Å². The first kappa shape index (κ1) is 22.5. The maximum absolute atomic E-state index is 12.4. The van der Waals surface area contributed by atoms with Gasteiger partial charge in [0.25, 0.3) is 0 Å². The molecule has 154 valence electrons. The van der Waals surface area contributed by atoms with Crippen LogP contribution in [0.4, 0.5) is 0 Å². The zero-order chi connectivity index (χ0) is 20.9. The second-order valence-corrected chi connectivity index (χ2v) is 13.2. The summed E-state index contributed by atoms with van der Waals surface area (Å²) < 4.78 is 11.3. The highest BCUT2D eigenvalue weighted by Crippen LogP contribution is 2.29. The Morgan fingerprint density at radius 3 is 2.46 bits per heavy atom. The number of aliphatic hydroxyl groups excluding tert-OH is 3. The number of carbonyl (C=O) groups is 1. The van der Waals surface area contributed by atoms with Crippen LogP contribution in [-0.2, 0) is 9.47 Å². The summed E-state index contributed by atoms with van der Waals surface area (Å²) in [6.07, 6.45) is -3.25. The first-order valence-corrected chi connectivity index (χ1v) is 13.0. The molecule has 1 aliphatic rings. The summed E-state index contributed by atoms with van der Waals surface area (Å²) in [4.78, 5) is 12.4. The molecule has 3 N–H and O–H groups in total. The van der Waals surface area contributed by atoms with Crippen LogP contribution in [0, 0.1) is 0 Å². The molecule has 0 saturated carbocycles. The van der Waals surface area contributed by atoms with E-state index in [0.29, 0.717) is 5.56 Å². The molecule has 0 radical (unpaired) electrons. The molecule has 0 unspecified atom stereocenters. The molecular formula is C21H30O6Si. The fraction of sp³-hybridized carbons (Fsp3) is 0.476. The Bertz CT molecular complexity index is 684. The van der Waals surface area contributed by atoms with E-state index >= 15 is 0 Å². The van der Waals surface area contributed by atoms with Crippen molar-refractivity contribution in [1.82, 2.24) is 0 Å². The van der Waals surface area contributed by atoms with Crippen molar-refractivity contribution in [2.24, 2.45) is 0 Å². The van der Waals surface area contributed by atoms with Gasteiger partial charge in [0.05, 0.1) is 13.6 Å². The van der Waals surface area contributed by atoms with Gasteiger partial charge in [-0.05, 0) is 18.6 Å². The molecule has 2 rings (SSSR count). The fourth-order valence-corrected chi connectivity index (χ4v) is 3.79. The van der Waals surface area contributed by atoms with Gasteiger partial charge < -0.3 is 24.8 Å². The molecule has 28 heavy (non-hydrogen) atoms. The number of benzene rings is 1. The molecule has 6 atom stereocenters. The van der Waals surface area contributed by atoms with Crippen LogP contribution in [0.15, 0.2) is 54.8 Å². The lowest BCUT2D eigenvalue weighted by atomic mass is 9.90. The number of hydrogen-bond donors (Lipinski definition) is 3. The van der Waals surface area contributed by atoms with Crippen molar-refractivity contribution < 1.29 is 29.6 Å². The second-order valence-electron chi connectivity index (χ2n) is 8.10. The van der Waals surface area contributed by atoms with Crippen molar-refractivity contribution in [3.8, 4) is 0 Å². The minimum Gasteiger partial charge on any atom is -0.453 e. The van der Waals surface area contributed by atoms with Crippen molar-refractivity contribution in [2.75, 3.05) is 0 Å². The highest BCUT2D eigenvalue weighted by molar-refractivity contribution is 6.80. The van der Waals surface area contributed by atoms with Crippen molar-refractivity contribution in [1.29, 1.82) is 0 Å². The van der Waals surface area contributed by atoms with Gasteiger partial charge in [0, 0.05) is 0 Å². The average molecular weight is 407 g/mol. The van der Waals surface area contributed by atoms with Crippen LogP contribution in [0.3, 0.4) is 0 Å². The lowest BCUT2D eigenvalue weighted by Crippen LogP contribution is -2.61. The van der Waals surface area contributed by atoms with Crippen LogP contribution in [0.1, 0.15) is 16.8 Å². The van der Waals surface area contributed by atoms with Gasteiger partial charge in [-0.3, -0.25) is 0 Å². The van der Waals surface area contributed by atoms with Crippen molar-refractivity contribution in [3.05, 3.63) is 60.3 Å². The van der Waals surface area contributed by atoms with Gasteiger partial charge in [0.2, 0.25) is 0 Å². The standard InChI is InChI=1S/C21H30O6Si/c1-5-9-16-20(27-21(25)14-10-7-6-8-11-14)18(24)17(23)19(26-16)15(22)12-13-28(2,3)4/h5-8,10-13,15-20,22-24H,1,9H2,2-4H3/t15-,16-,17-,18+,19-,20-/m0/s1. The van der Waals surface area contributed by atoms with Crippen molar-refractivity contribution >= 4 is 14.0 Å². The summed E-state index contributed by atoms with van der Waals surface area (Å²) in [5.41, 5.74) is 2.28. The highest BCUT2D eigenvalue weighted by atomic mass is 28.3. The molecule has 1 aliphatic heterocycles. The van der Waals surface area contributed by atoms with E-state index in [9.17, 15) is 20.1 Å². The average Bonchev–Trinajstić information content (AvgIpc) is 2.65. The third-order valence-corrected chi connectivity index (χ3v) is 5.70. The van der Waals surface area contributed by atoms with Gasteiger partial charge in [-0.25, -0.2) is 4.79 Å². The molecule has 0 aliphatic carbocycles. The summed E-state index contributed by atoms with van der Waals surface area (Å²) in [5, 5.41) is 31.6. The quantitative estimate of drug-likeness (QED) is 0.364. The minimum atomic E-state index is -1.55. The molecule has 1 aromatic rings. The largest absolute Gasteiger partial charge is 0.453 e. The van der Waals surface area contributed by atoms with E-state index in [4.69, 9.17) is 9.47 Å². The Hall–Kier alpha value is -1.77. The van der Waals surface area contributed by atoms with Crippen LogP contribution >= 0.6 is 0 Å². The molecule has 1 heterocycles. The maximum atomic E-state index is 12.4. The Kier molecular flexibility index (Phi) is 7.74. The zero-order valence-corrected chi connectivity index (χ0v) is 17.6. The summed E-state index contributed by atoms with van der Waals surface area (Å²) >= 11 is 0. The van der Waals surface area contributed by atoms with Crippen LogP contribution in [0.2, 0.25) is 19.6 Å². The summed E-state index contributed by atoms with van der Waals surface area (Å²) in [7, 11) is -1.55. The van der Waals surface area contributed by atoms with Gasteiger partial charge in [0.15, 0.2) is 6.10 Å². The van der Waals surface area contributed by atoms with E-state index in [1.54, 1.807) is 42.5 Å². The first-order chi connectivity index (χ1) is 13.1. The SMILES string of the molecule is C=CC[C@@H]1O[C@@H]([C@@H](O)C=C[Si](C)(C)C)[C@@H](O)[C@@H](O)[C@H]1OC(=O)c1ccccc1. The molecule has 0 spiro atoms. The topological polar surface area (TPSA) is 96.2 Å². The Morgan fingerprint density at radius 2 is 1.89 bits per heavy atom. The molecule has 6 nitrogen and oxygen atoms in total. The Labute approximate surface area is 167 Å². The first-order valence-electron chi connectivity index (χ1n) is 9.40. The van der Waals surface area contributed by atoms with E-state index < -0.39 is 50.7 Å². The van der Waals surface area contributed by atoms with Crippen LogP contribution in [0.25, 0.3) is 0 Å². The molecular weight excluding hydrogens is 376 g/mol. The molecule has 0 amide bonds. The highest BCUT2D eigenvalue weighted by Gasteiger charge is 2.48. The third kappa shape index (κ3) is 5.86. The number of esters is 1. The molecule has 0 bridgehead atoms. The molecule has 1 saturated heterocycles.